The van der Waals surface area contributed by atoms with Crippen molar-refractivity contribution in [1.29, 1.82) is 0 Å². The number of aromatic nitrogens is 2. The number of hydrogen-bond donors (Lipinski definition) is 1. The minimum atomic E-state index is 0.121. The van der Waals surface area contributed by atoms with Gasteiger partial charge in [0.05, 0.1) is 0 Å². The maximum Gasteiger partial charge on any atom is 0.219 e. The summed E-state index contributed by atoms with van der Waals surface area (Å²) in [4.78, 5) is 24.1. The first-order valence-electron chi connectivity index (χ1n) is 7.88. The number of hydrogen-bond acceptors (Lipinski definition) is 5. The van der Waals surface area contributed by atoms with Gasteiger partial charge in [-0.05, 0) is 24.6 Å². The second-order valence-electron chi connectivity index (χ2n) is 5.84. The minimum absolute atomic E-state index is 0.121. The number of aryl methyl sites for hydroxylation is 1. The number of nitrogens with one attached hydrogen (secondary N) is 1. The van der Waals surface area contributed by atoms with Gasteiger partial charge in [0.2, 0.25) is 5.91 Å². The Morgan fingerprint density at radius 1 is 1.17 bits per heavy atom. The van der Waals surface area contributed by atoms with Crippen molar-refractivity contribution in [1.82, 2.24) is 14.9 Å². The van der Waals surface area contributed by atoms with Gasteiger partial charge in [0.15, 0.2) is 0 Å². The Kier molecular flexibility index (Phi) is 4.85. The molecule has 1 N–H and O–H groups in total. The van der Waals surface area contributed by atoms with Crippen LogP contribution in [0.4, 0.5) is 17.3 Å². The largest absolute Gasteiger partial charge is 0.353 e. The molecule has 1 amide bonds. The van der Waals surface area contributed by atoms with Gasteiger partial charge in [0.25, 0.3) is 0 Å². The van der Waals surface area contributed by atoms with E-state index in [2.05, 4.69) is 20.2 Å². The molecule has 7 heteroatoms. The average molecular weight is 346 g/mol. The highest BCUT2D eigenvalue weighted by Crippen LogP contribution is 2.24. The zero-order valence-corrected chi connectivity index (χ0v) is 14.5. The van der Waals surface area contributed by atoms with Crippen molar-refractivity contribution in [2.75, 3.05) is 36.4 Å². The summed E-state index contributed by atoms with van der Waals surface area (Å²) in [6.07, 6.45) is 1.55. The predicted molar refractivity (Wildman–Crippen MR) is 96.0 cm³/mol. The normalized spacial score (nSPS) is 14.6. The molecule has 1 aliphatic rings. The van der Waals surface area contributed by atoms with Gasteiger partial charge in [0.1, 0.15) is 18.0 Å². The lowest BCUT2D eigenvalue weighted by Gasteiger charge is -2.34. The number of carbonyl (C=O) groups is 1. The smallest absolute Gasteiger partial charge is 0.219 e. The minimum Gasteiger partial charge on any atom is -0.353 e. The fraction of sp³-hybridized carbons (Fsp3) is 0.353. The molecule has 24 heavy (non-hydrogen) atoms. The van der Waals surface area contributed by atoms with E-state index in [-0.39, 0.29) is 5.91 Å². The van der Waals surface area contributed by atoms with Crippen molar-refractivity contribution >= 4 is 34.8 Å². The second kappa shape index (κ2) is 7.05. The highest BCUT2D eigenvalue weighted by Gasteiger charge is 2.19. The lowest BCUT2D eigenvalue weighted by Crippen LogP contribution is -2.48. The quantitative estimate of drug-likeness (QED) is 0.926. The van der Waals surface area contributed by atoms with Crippen LogP contribution in [0.3, 0.4) is 0 Å². The van der Waals surface area contributed by atoms with Gasteiger partial charge >= 0.3 is 0 Å². The average Bonchev–Trinajstić information content (AvgIpc) is 2.58. The molecule has 1 aliphatic heterocycles. The summed E-state index contributed by atoms with van der Waals surface area (Å²) in [7, 11) is 0. The second-order valence-corrected chi connectivity index (χ2v) is 6.28. The molecular formula is C17H20ClN5O. The van der Waals surface area contributed by atoms with E-state index in [1.165, 1.54) is 0 Å². The van der Waals surface area contributed by atoms with Crippen LogP contribution >= 0.6 is 11.6 Å². The van der Waals surface area contributed by atoms with E-state index < -0.39 is 0 Å². The van der Waals surface area contributed by atoms with Crippen molar-refractivity contribution in [3.8, 4) is 0 Å². The molecule has 0 saturated carbocycles. The molecule has 0 aliphatic carbocycles. The first kappa shape index (κ1) is 16.5. The number of halogens is 1. The molecule has 126 valence electrons. The topological polar surface area (TPSA) is 61.4 Å². The van der Waals surface area contributed by atoms with Crippen LogP contribution in [-0.2, 0) is 4.79 Å². The molecule has 6 nitrogen and oxygen atoms in total. The van der Waals surface area contributed by atoms with Crippen LogP contribution in [0.5, 0.6) is 0 Å². The Hall–Kier alpha value is -2.34. The number of piperazine rings is 1. The number of nitrogens with zero attached hydrogens (tertiary/aromatic N) is 4. The van der Waals surface area contributed by atoms with Crippen LogP contribution in [-0.4, -0.2) is 47.0 Å². The van der Waals surface area contributed by atoms with E-state index in [0.717, 1.165) is 49.1 Å². The van der Waals surface area contributed by atoms with Gasteiger partial charge in [-0.3, -0.25) is 4.79 Å². The Labute approximate surface area is 146 Å². The Morgan fingerprint density at radius 2 is 1.92 bits per heavy atom. The van der Waals surface area contributed by atoms with E-state index in [4.69, 9.17) is 11.6 Å². The van der Waals surface area contributed by atoms with Crippen LogP contribution in [0.15, 0.2) is 30.6 Å². The molecule has 0 radical (unpaired) electrons. The van der Waals surface area contributed by atoms with Crippen molar-refractivity contribution in [3.05, 3.63) is 41.2 Å². The van der Waals surface area contributed by atoms with Gasteiger partial charge in [-0.15, -0.1) is 0 Å². The number of benzene rings is 1. The number of rotatable bonds is 3. The molecule has 0 unspecified atom stereocenters. The Bertz CT molecular complexity index is 744. The fourth-order valence-electron chi connectivity index (χ4n) is 2.71. The summed E-state index contributed by atoms with van der Waals surface area (Å²) >= 11 is 6.06. The zero-order chi connectivity index (χ0) is 17.1. The lowest BCUT2D eigenvalue weighted by molar-refractivity contribution is -0.129. The van der Waals surface area contributed by atoms with E-state index in [0.29, 0.717) is 5.02 Å². The molecule has 2 heterocycles. The van der Waals surface area contributed by atoms with Crippen LogP contribution < -0.4 is 10.2 Å². The van der Waals surface area contributed by atoms with Crippen molar-refractivity contribution < 1.29 is 4.79 Å². The van der Waals surface area contributed by atoms with E-state index in [9.17, 15) is 4.79 Å². The Morgan fingerprint density at radius 3 is 2.62 bits per heavy atom. The van der Waals surface area contributed by atoms with Crippen molar-refractivity contribution in [3.63, 3.8) is 0 Å². The number of anilines is 3. The highest BCUT2D eigenvalue weighted by molar-refractivity contribution is 6.30. The zero-order valence-electron chi connectivity index (χ0n) is 13.8. The van der Waals surface area contributed by atoms with Gasteiger partial charge in [-0.1, -0.05) is 17.7 Å². The van der Waals surface area contributed by atoms with Crippen LogP contribution in [0.1, 0.15) is 12.5 Å². The van der Waals surface area contributed by atoms with Crippen molar-refractivity contribution in [2.24, 2.45) is 0 Å². The van der Waals surface area contributed by atoms with Crippen molar-refractivity contribution in [2.45, 2.75) is 13.8 Å². The monoisotopic (exact) mass is 345 g/mol. The molecule has 1 aromatic carbocycles. The summed E-state index contributed by atoms with van der Waals surface area (Å²) in [5, 5.41) is 3.97. The molecule has 0 atom stereocenters. The molecule has 1 fully saturated rings. The maximum absolute atomic E-state index is 11.4. The molecular weight excluding hydrogens is 326 g/mol. The van der Waals surface area contributed by atoms with E-state index in [1.807, 2.05) is 36.1 Å². The van der Waals surface area contributed by atoms with Gasteiger partial charge in [0, 0.05) is 49.9 Å². The molecule has 2 aromatic rings. The Balaban J connectivity index is 1.73. The predicted octanol–water partition coefficient (Wildman–Crippen LogP) is 2.85. The van der Waals surface area contributed by atoms with Crippen LogP contribution in [0.2, 0.25) is 5.02 Å². The number of carbonyl (C=O) groups excluding carboxylic acids is 1. The first-order valence-corrected chi connectivity index (χ1v) is 8.26. The van der Waals surface area contributed by atoms with E-state index >= 15 is 0 Å². The molecule has 3 rings (SSSR count). The summed E-state index contributed by atoms with van der Waals surface area (Å²) in [6.45, 7) is 6.60. The molecule has 0 spiro atoms. The highest BCUT2D eigenvalue weighted by atomic mass is 35.5. The lowest BCUT2D eigenvalue weighted by atomic mass is 10.2. The molecule has 0 bridgehead atoms. The number of amides is 1. The van der Waals surface area contributed by atoms with E-state index in [1.54, 1.807) is 13.3 Å². The summed E-state index contributed by atoms with van der Waals surface area (Å²) < 4.78 is 0. The van der Waals surface area contributed by atoms with Gasteiger partial charge in [-0.25, -0.2) is 9.97 Å². The standard InChI is InChI=1S/C17H20ClN5O/c1-12-3-4-14(18)9-15(12)21-16-10-17(20-11-19-16)23-7-5-22(6-8-23)13(2)24/h3-4,9-11H,5-8H2,1-2H3,(H,19,20,21). The maximum atomic E-state index is 11.4. The summed E-state index contributed by atoms with van der Waals surface area (Å²) in [5.74, 6) is 1.70. The third-order valence-electron chi connectivity index (χ3n) is 4.16. The summed E-state index contributed by atoms with van der Waals surface area (Å²) in [6, 6.07) is 7.63. The molecule has 1 saturated heterocycles. The third kappa shape index (κ3) is 3.76. The van der Waals surface area contributed by atoms with Gasteiger partial charge < -0.3 is 15.1 Å². The third-order valence-corrected chi connectivity index (χ3v) is 4.40. The molecule has 1 aromatic heterocycles. The van der Waals surface area contributed by atoms with Crippen LogP contribution in [0, 0.1) is 6.92 Å². The SMILES string of the molecule is CC(=O)N1CCN(c2cc(Nc3cc(Cl)ccc3C)ncn2)CC1. The fourth-order valence-corrected chi connectivity index (χ4v) is 2.88. The first-order chi connectivity index (χ1) is 11.5. The van der Waals surface area contributed by atoms with Crippen LogP contribution in [0.25, 0.3) is 0 Å². The summed E-state index contributed by atoms with van der Waals surface area (Å²) in [5.41, 5.74) is 2.02. The van der Waals surface area contributed by atoms with Gasteiger partial charge in [-0.2, -0.15) is 0 Å².